The number of fused-ring (bicyclic) bond motifs is 1. The van der Waals surface area contributed by atoms with Crippen molar-refractivity contribution in [2.45, 2.75) is 30.2 Å². The highest BCUT2D eigenvalue weighted by atomic mass is 35.5. The molecule has 0 saturated heterocycles. The number of hydrogen-bond donors (Lipinski definition) is 2. The number of halogens is 1. The van der Waals surface area contributed by atoms with E-state index in [0.717, 1.165) is 28.9 Å². The summed E-state index contributed by atoms with van der Waals surface area (Å²) in [6.45, 7) is 0. The molecule has 0 aromatic heterocycles. The molecule has 4 rings (SSSR count). The minimum atomic E-state index is -3.82. The van der Waals surface area contributed by atoms with Crippen LogP contribution in [0.3, 0.4) is 0 Å². The van der Waals surface area contributed by atoms with Crippen molar-refractivity contribution in [2.75, 3.05) is 11.8 Å². The summed E-state index contributed by atoms with van der Waals surface area (Å²) < 4.78 is 35.0. The Morgan fingerprint density at radius 2 is 1.77 bits per heavy atom. The van der Waals surface area contributed by atoms with E-state index >= 15 is 0 Å². The lowest BCUT2D eigenvalue weighted by Gasteiger charge is -2.26. The van der Waals surface area contributed by atoms with Crippen molar-refractivity contribution < 1.29 is 13.2 Å². The molecule has 0 bridgehead atoms. The molecule has 3 aromatic carbocycles. The largest absolute Gasteiger partial charge is 0.496 e. The molecule has 1 aliphatic rings. The Labute approximate surface area is 181 Å². The number of hydrogen-bond acceptors (Lipinski definition) is 4. The van der Waals surface area contributed by atoms with Crippen LogP contribution in [0.25, 0.3) is 11.1 Å². The fourth-order valence-corrected chi connectivity index (χ4v) is 5.38. The molecule has 0 radical (unpaired) electrons. The van der Waals surface area contributed by atoms with Gasteiger partial charge in [-0.05, 0) is 60.7 Å². The molecule has 30 heavy (non-hydrogen) atoms. The number of ether oxygens (including phenoxy) is 1. The van der Waals surface area contributed by atoms with Crippen LogP contribution in [0.1, 0.15) is 17.5 Å². The van der Waals surface area contributed by atoms with Crippen LogP contribution < -0.4 is 15.2 Å². The predicted molar refractivity (Wildman–Crippen MR) is 121 cm³/mol. The van der Waals surface area contributed by atoms with Crippen molar-refractivity contribution >= 4 is 27.3 Å². The minimum absolute atomic E-state index is 0.0453. The van der Waals surface area contributed by atoms with E-state index in [4.69, 9.17) is 22.1 Å². The van der Waals surface area contributed by atoms with Crippen LogP contribution in [0.5, 0.6) is 5.75 Å². The normalized spacial score (nSPS) is 16.0. The highest BCUT2D eigenvalue weighted by Crippen LogP contribution is 2.36. The molecule has 0 aliphatic heterocycles. The van der Waals surface area contributed by atoms with Gasteiger partial charge in [-0.25, -0.2) is 8.42 Å². The van der Waals surface area contributed by atoms with Gasteiger partial charge in [0, 0.05) is 22.2 Å². The number of sulfonamides is 1. The van der Waals surface area contributed by atoms with Gasteiger partial charge in [0.05, 0.1) is 17.7 Å². The van der Waals surface area contributed by atoms with Gasteiger partial charge in [0.1, 0.15) is 5.75 Å². The van der Waals surface area contributed by atoms with Crippen LogP contribution in [-0.4, -0.2) is 21.6 Å². The van der Waals surface area contributed by atoms with Crippen molar-refractivity contribution in [3.63, 3.8) is 0 Å². The van der Waals surface area contributed by atoms with Crippen LogP contribution in [0.2, 0.25) is 5.02 Å². The van der Waals surface area contributed by atoms with Crippen LogP contribution >= 0.6 is 11.6 Å². The summed E-state index contributed by atoms with van der Waals surface area (Å²) in [6.07, 6.45) is 2.16. The smallest absolute Gasteiger partial charge is 0.262 e. The monoisotopic (exact) mass is 442 g/mol. The molecule has 1 atom stereocenters. The maximum absolute atomic E-state index is 13.4. The van der Waals surface area contributed by atoms with Gasteiger partial charge in [0.25, 0.3) is 10.0 Å². The van der Waals surface area contributed by atoms with Crippen molar-refractivity contribution in [1.82, 2.24) is 0 Å². The van der Waals surface area contributed by atoms with E-state index < -0.39 is 10.0 Å². The topological polar surface area (TPSA) is 81.4 Å². The Kier molecular flexibility index (Phi) is 5.73. The molecule has 0 spiro atoms. The number of anilines is 1. The van der Waals surface area contributed by atoms with Gasteiger partial charge in [-0.1, -0.05) is 41.9 Å². The average Bonchev–Trinajstić information content (AvgIpc) is 2.74. The third-order valence-corrected chi connectivity index (χ3v) is 7.09. The lowest BCUT2D eigenvalue weighted by molar-refractivity contribution is 0.403. The maximum Gasteiger partial charge on any atom is 0.262 e. The fraction of sp³-hybridized carbons (Fsp3) is 0.217. The summed E-state index contributed by atoms with van der Waals surface area (Å²) in [4.78, 5) is 0.212. The van der Waals surface area contributed by atoms with Gasteiger partial charge in [-0.15, -0.1) is 0 Å². The van der Waals surface area contributed by atoms with Gasteiger partial charge in [-0.3, -0.25) is 4.72 Å². The molecule has 3 aromatic rings. The summed E-state index contributed by atoms with van der Waals surface area (Å²) in [5.41, 5.74) is 10.0. The lowest BCUT2D eigenvalue weighted by Crippen LogP contribution is -2.29. The van der Waals surface area contributed by atoms with Gasteiger partial charge in [0.15, 0.2) is 0 Å². The second kappa shape index (κ2) is 8.30. The summed E-state index contributed by atoms with van der Waals surface area (Å²) in [5, 5.41) is 0.597. The first kappa shape index (κ1) is 20.7. The molecule has 0 saturated carbocycles. The van der Waals surface area contributed by atoms with Gasteiger partial charge in [-0.2, -0.15) is 0 Å². The summed E-state index contributed by atoms with van der Waals surface area (Å²) in [5.74, 6) is 0.740. The summed E-state index contributed by atoms with van der Waals surface area (Å²) >= 11 is 5.99. The van der Waals surface area contributed by atoms with Crippen LogP contribution in [0, 0.1) is 0 Å². The molecule has 7 heteroatoms. The first-order valence-electron chi connectivity index (χ1n) is 9.71. The van der Waals surface area contributed by atoms with E-state index in [1.54, 1.807) is 49.6 Å². The van der Waals surface area contributed by atoms with Gasteiger partial charge in [0.2, 0.25) is 0 Å². The van der Waals surface area contributed by atoms with Crippen molar-refractivity contribution in [1.29, 1.82) is 0 Å². The van der Waals surface area contributed by atoms with Crippen molar-refractivity contribution in [3.8, 4) is 16.9 Å². The number of nitrogens with one attached hydrogen (secondary N) is 1. The van der Waals surface area contributed by atoms with E-state index in [0.29, 0.717) is 29.1 Å². The third kappa shape index (κ3) is 4.03. The van der Waals surface area contributed by atoms with E-state index in [2.05, 4.69) is 4.72 Å². The highest BCUT2D eigenvalue weighted by Gasteiger charge is 2.25. The third-order valence-electron chi connectivity index (χ3n) is 5.42. The van der Waals surface area contributed by atoms with Crippen LogP contribution in [-0.2, 0) is 22.9 Å². The zero-order chi connectivity index (χ0) is 21.3. The van der Waals surface area contributed by atoms with Crippen molar-refractivity contribution in [2.24, 2.45) is 5.73 Å². The zero-order valence-electron chi connectivity index (χ0n) is 16.6. The lowest BCUT2D eigenvalue weighted by atomic mass is 9.87. The first-order chi connectivity index (χ1) is 14.4. The average molecular weight is 443 g/mol. The second-order valence-electron chi connectivity index (χ2n) is 7.38. The molecule has 0 fully saturated rings. The second-order valence-corrected chi connectivity index (χ2v) is 9.47. The molecule has 1 aliphatic carbocycles. The minimum Gasteiger partial charge on any atom is -0.496 e. The maximum atomic E-state index is 13.4. The van der Waals surface area contributed by atoms with E-state index in [-0.39, 0.29) is 10.9 Å². The highest BCUT2D eigenvalue weighted by molar-refractivity contribution is 7.92. The molecular formula is C23H23ClN2O3S. The van der Waals surface area contributed by atoms with Gasteiger partial charge < -0.3 is 10.5 Å². The first-order valence-corrected chi connectivity index (χ1v) is 11.6. The fourth-order valence-electron chi connectivity index (χ4n) is 3.93. The van der Waals surface area contributed by atoms with Gasteiger partial charge >= 0.3 is 0 Å². The molecule has 0 heterocycles. The zero-order valence-corrected chi connectivity index (χ0v) is 18.1. The summed E-state index contributed by atoms with van der Waals surface area (Å²) in [6, 6.07) is 17.7. The predicted octanol–water partition coefficient (Wildman–Crippen LogP) is 4.63. The van der Waals surface area contributed by atoms with Crippen molar-refractivity contribution in [3.05, 3.63) is 76.8 Å². The Morgan fingerprint density at radius 1 is 1.03 bits per heavy atom. The Balaban J connectivity index is 1.75. The quantitative estimate of drug-likeness (QED) is 0.603. The standard InChI is InChI=1S/C23H23ClN2O3S/c1-29-22-13-12-21(19-11-10-17(25)14-20(19)22)26-30(27,28)23-5-3-2-4-18(23)15-6-8-16(24)9-7-15/h2-9,12-13,17,26H,10-11,14,25H2,1H3/t17-/m0/s1. The number of rotatable bonds is 5. The molecule has 0 unspecified atom stereocenters. The van der Waals surface area contributed by atoms with Crippen LogP contribution in [0.4, 0.5) is 5.69 Å². The van der Waals surface area contributed by atoms with E-state index in [9.17, 15) is 8.42 Å². The number of benzene rings is 3. The Hall–Kier alpha value is -2.54. The number of methoxy groups -OCH3 is 1. The van der Waals surface area contributed by atoms with E-state index in [1.165, 1.54) is 0 Å². The molecule has 3 N–H and O–H groups in total. The number of nitrogens with two attached hydrogens (primary N) is 1. The van der Waals surface area contributed by atoms with Crippen LogP contribution in [0.15, 0.2) is 65.6 Å². The molecule has 156 valence electrons. The molecule has 0 amide bonds. The van der Waals surface area contributed by atoms with E-state index in [1.807, 2.05) is 18.2 Å². The SMILES string of the molecule is COc1ccc(NS(=O)(=O)c2ccccc2-c2ccc(Cl)cc2)c2c1C[C@@H](N)CC2. The Bertz CT molecular complexity index is 1180. The summed E-state index contributed by atoms with van der Waals surface area (Å²) in [7, 11) is -2.21. The Morgan fingerprint density at radius 3 is 2.50 bits per heavy atom. The molecule has 5 nitrogen and oxygen atoms in total. The molecular weight excluding hydrogens is 420 g/mol.